The molecule has 0 aliphatic heterocycles. The van der Waals surface area contributed by atoms with E-state index in [1.165, 1.54) is 6.20 Å². The van der Waals surface area contributed by atoms with Crippen LogP contribution in [0.5, 0.6) is 5.88 Å². The third-order valence-electron chi connectivity index (χ3n) is 5.39. The number of carbonyl (C=O) groups is 1. The summed E-state index contributed by atoms with van der Waals surface area (Å²) >= 11 is 1.59. The molecule has 0 saturated carbocycles. The highest BCUT2D eigenvalue weighted by molar-refractivity contribution is 7.96. The zero-order chi connectivity index (χ0) is 21.9. The van der Waals surface area contributed by atoms with Crippen LogP contribution in [0.4, 0.5) is 5.69 Å². The van der Waals surface area contributed by atoms with Gasteiger partial charge in [0.25, 0.3) is 5.91 Å². The minimum absolute atomic E-state index is 0.0578. The van der Waals surface area contributed by atoms with Crippen molar-refractivity contribution in [2.75, 3.05) is 25.2 Å². The van der Waals surface area contributed by atoms with E-state index in [4.69, 9.17) is 10.5 Å². The van der Waals surface area contributed by atoms with Crippen molar-refractivity contribution < 1.29 is 9.53 Å². The monoisotopic (exact) mass is 428 g/mol. The Hall–Kier alpha value is -2.78. The van der Waals surface area contributed by atoms with Crippen molar-refractivity contribution >= 4 is 29.1 Å². The van der Waals surface area contributed by atoms with Crippen molar-refractivity contribution in [2.24, 2.45) is 11.1 Å². The lowest BCUT2D eigenvalue weighted by Crippen LogP contribution is -2.40. The zero-order valence-electron chi connectivity index (χ0n) is 17.9. The number of anilines is 1. The Labute approximate surface area is 180 Å². The number of aromatic nitrogens is 3. The predicted octanol–water partition coefficient (Wildman–Crippen LogP) is 3.20. The van der Waals surface area contributed by atoms with Crippen molar-refractivity contribution in [1.29, 1.82) is 0 Å². The number of carbonyl (C=O) groups excluding carboxylic acids is 1. The highest BCUT2D eigenvalue weighted by Crippen LogP contribution is 2.31. The lowest BCUT2D eigenvalue weighted by molar-refractivity contribution is 0.100. The lowest BCUT2D eigenvalue weighted by atomic mass is 9.85. The second-order valence-electron chi connectivity index (χ2n) is 7.83. The summed E-state index contributed by atoms with van der Waals surface area (Å²) in [6, 6.07) is 5.78. The molecule has 0 saturated heterocycles. The van der Waals surface area contributed by atoms with Crippen LogP contribution in [-0.4, -0.2) is 46.5 Å². The van der Waals surface area contributed by atoms with Crippen LogP contribution >= 0.6 is 11.9 Å². The number of ether oxygens (including phenoxy) is 1. The van der Waals surface area contributed by atoms with Gasteiger partial charge in [-0.3, -0.25) is 9.52 Å². The molecule has 3 heterocycles. The molecule has 0 aromatic carbocycles. The van der Waals surface area contributed by atoms with Crippen LogP contribution in [0.2, 0.25) is 0 Å². The van der Waals surface area contributed by atoms with Gasteiger partial charge in [-0.2, -0.15) is 5.10 Å². The fourth-order valence-electron chi connectivity index (χ4n) is 3.05. The van der Waals surface area contributed by atoms with Crippen LogP contribution in [0.15, 0.2) is 36.8 Å². The number of amides is 1. The van der Waals surface area contributed by atoms with Gasteiger partial charge in [0.1, 0.15) is 0 Å². The maximum absolute atomic E-state index is 12.1. The van der Waals surface area contributed by atoms with Crippen molar-refractivity contribution in [1.82, 2.24) is 19.3 Å². The zero-order valence-corrected chi connectivity index (χ0v) is 18.7. The number of rotatable bonds is 9. The average Bonchev–Trinajstić information content (AvgIpc) is 3.17. The minimum atomic E-state index is -0.520. The van der Waals surface area contributed by atoms with E-state index in [1.807, 2.05) is 30.7 Å². The molecule has 1 unspecified atom stereocenters. The average molecular weight is 429 g/mol. The van der Waals surface area contributed by atoms with Gasteiger partial charge in [0.05, 0.1) is 30.1 Å². The van der Waals surface area contributed by atoms with E-state index in [9.17, 15) is 4.79 Å². The van der Waals surface area contributed by atoms with E-state index in [1.54, 1.807) is 29.8 Å². The molecular formula is C21H28N6O2S. The van der Waals surface area contributed by atoms with E-state index in [0.717, 1.165) is 23.2 Å². The second-order valence-corrected chi connectivity index (χ2v) is 8.52. The van der Waals surface area contributed by atoms with Crippen LogP contribution < -0.4 is 20.5 Å². The van der Waals surface area contributed by atoms with E-state index in [0.29, 0.717) is 17.1 Å². The minimum Gasteiger partial charge on any atom is -0.481 e. The first-order valence-corrected chi connectivity index (χ1v) is 10.8. The Morgan fingerprint density at radius 1 is 1.33 bits per heavy atom. The molecule has 0 aliphatic carbocycles. The molecule has 160 valence electrons. The lowest BCUT2D eigenvalue weighted by Gasteiger charge is -2.33. The number of nitrogens with one attached hydrogen (secondary N) is 2. The van der Waals surface area contributed by atoms with Gasteiger partial charge in [0.15, 0.2) is 0 Å². The Bertz CT molecular complexity index is 1030. The van der Waals surface area contributed by atoms with E-state index < -0.39 is 5.91 Å². The van der Waals surface area contributed by atoms with E-state index >= 15 is 0 Å². The number of hydrogen-bond donors (Lipinski definition) is 3. The molecule has 3 aromatic heterocycles. The van der Waals surface area contributed by atoms with Crippen LogP contribution in [0.3, 0.4) is 0 Å². The fraction of sp³-hybridized carbons (Fsp3) is 0.381. The molecule has 0 aliphatic rings. The third kappa shape index (κ3) is 4.52. The summed E-state index contributed by atoms with van der Waals surface area (Å²) in [6.07, 6.45) is 7.16. The summed E-state index contributed by atoms with van der Waals surface area (Å²) in [5.41, 5.74) is 9.24. The van der Waals surface area contributed by atoms with E-state index in [-0.39, 0.29) is 11.5 Å². The van der Waals surface area contributed by atoms with Gasteiger partial charge in [0.2, 0.25) is 5.88 Å². The Kier molecular flexibility index (Phi) is 6.52. The molecule has 1 atom stereocenters. The predicted molar refractivity (Wildman–Crippen MR) is 122 cm³/mol. The van der Waals surface area contributed by atoms with Crippen molar-refractivity contribution in [3.63, 3.8) is 0 Å². The molecule has 0 radical (unpaired) electrons. The maximum atomic E-state index is 12.1. The van der Waals surface area contributed by atoms with E-state index in [2.05, 4.69) is 40.9 Å². The van der Waals surface area contributed by atoms with Crippen LogP contribution in [0.1, 0.15) is 31.1 Å². The summed E-state index contributed by atoms with van der Waals surface area (Å²) < 4.78 is 10.2. The van der Waals surface area contributed by atoms with Gasteiger partial charge in [-0.1, -0.05) is 25.8 Å². The molecule has 1 amide bonds. The first-order chi connectivity index (χ1) is 14.3. The largest absolute Gasteiger partial charge is 0.481 e. The molecule has 9 heteroatoms. The Morgan fingerprint density at radius 3 is 2.70 bits per heavy atom. The number of hydrogen-bond acceptors (Lipinski definition) is 7. The van der Waals surface area contributed by atoms with Crippen molar-refractivity contribution in [3.05, 3.63) is 42.4 Å². The quantitative estimate of drug-likeness (QED) is 0.449. The normalized spacial score (nSPS) is 12.7. The standard InChI is InChI=1S/C21H28N6O2S/c1-13(21(2,3)12-25-30-5)26-19-16(20(22)28)10-24-27-11-15(8-17(19)27)14-6-7-18(29-4)23-9-14/h6-11,13,25-26H,12H2,1-5H3,(H2,22,28). The molecule has 0 bridgehead atoms. The highest BCUT2D eigenvalue weighted by Gasteiger charge is 2.27. The molecule has 0 fully saturated rings. The van der Waals surface area contributed by atoms with Gasteiger partial charge in [0, 0.05) is 42.2 Å². The first-order valence-electron chi connectivity index (χ1n) is 9.61. The van der Waals surface area contributed by atoms with Gasteiger partial charge < -0.3 is 15.8 Å². The number of methoxy groups -OCH3 is 1. The number of nitrogens with two attached hydrogens (primary N) is 1. The molecule has 3 rings (SSSR count). The number of pyridine rings is 1. The van der Waals surface area contributed by atoms with Gasteiger partial charge in [-0.15, -0.1) is 0 Å². The number of primary amides is 1. The van der Waals surface area contributed by atoms with Gasteiger partial charge in [-0.05, 0) is 30.7 Å². The van der Waals surface area contributed by atoms with Gasteiger partial charge in [-0.25, -0.2) is 9.50 Å². The summed E-state index contributed by atoms with van der Waals surface area (Å²) in [7, 11) is 1.58. The van der Waals surface area contributed by atoms with Gasteiger partial charge >= 0.3 is 0 Å². The maximum Gasteiger partial charge on any atom is 0.252 e. The topological polar surface area (TPSA) is 107 Å². The SMILES string of the molecule is COc1ccc(-c2cc3c(NC(C)C(C)(C)CNSC)c(C(N)=O)cnn3c2)cn1. The smallest absolute Gasteiger partial charge is 0.252 e. The summed E-state index contributed by atoms with van der Waals surface area (Å²) in [4.78, 5) is 16.4. The molecular weight excluding hydrogens is 400 g/mol. The summed E-state index contributed by atoms with van der Waals surface area (Å²) in [5.74, 6) is 0.0301. The fourth-order valence-corrected chi connectivity index (χ4v) is 3.56. The Balaban J connectivity index is 2.03. The molecule has 0 spiro atoms. The number of fused-ring (bicyclic) bond motifs is 1. The molecule has 4 N–H and O–H groups in total. The molecule has 8 nitrogen and oxygen atoms in total. The van der Waals surface area contributed by atoms with Crippen LogP contribution in [0, 0.1) is 5.41 Å². The van der Waals surface area contributed by atoms with Crippen LogP contribution in [0.25, 0.3) is 16.6 Å². The molecule has 3 aromatic rings. The van der Waals surface area contributed by atoms with Crippen molar-refractivity contribution in [2.45, 2.75) is 26.8 Å². The summed E-state index contributed by atoms with van der Waals surface area (Å²) in [5, 5.41) is 7.90. The summed E-state index contributed by atoms with van der Waals surface area (Å²) in [6.45, 7) is 7.24. The highest BCUT2D eigenvalue weighted by atomic mass is 32.2. The Morgan fingerprint density at radius 2 is 2.10 bits per heavy atom. The first kappa shape index (κ1) is 21.9. The van der Waals surface area contributed by atoms with Crippen LogP contribution in [-0.2, 0) is 0 Å². The molecule has 30 heavy (non-hydrogen) atoms. The third-order valence-corrected chi connectivity index (χ3v) is 5.82. The second kappa shape index (κ2) is 8.93. The van der Waals surface area contributed by atoms with Crippen molar-refractivity contribution in [3.8, 4) is 17.0 Å². The number of nitrogens with zero attached hydrogens (tertiary/aromatic N) is 3.